The van der Waals surface area contributed by atoms with Gasteiger partial charge in [0.2, 0.25) is 0 Å². The fourth-order valence-electron chi connectivity index (χ4n) is 3.66. The van der Waals surface area contributed by atoms with Gasteiger partial charge in [-0.2, -0.15) is 0 Å². The Bertz CT molecular complexity index is 1260. The molecule has 0 aromatic heterocycles. The second-order valence-electron chi connectivity index (χ2n) is 7.93. The average Bonchev–Trinajstić information content (AvgIpc) is 3.34. The third-order valence-electron chi connectivity index (χ3n) is 5.44. The number of hydrogen-bond acceptors (Lipinski definition) is 9. The molecule has 0 amide bonds. The molecule has 9 nitrogen and oxygen atoms in total. The Morgan fingerprint density at radius 3 is 2.17 bits per heavy atom. The number of phenols is 2. The van der Waals surface area contributed by atoms with E-state index in [-0.39, 0.29) is 46.7 Å². The Morgan fingerprint density at radius 2 is 1.60 bits per heavy atom. The zero-order valence-corrected chi connectivity index (χ0v) is 19.3. The number of carbonyl (C=O) groups excluding carboxylic acids is 2. The first-order valence-corrected chi connectivity index (χ1v) is 10.7. The molecule has 0 spiro atoms. The average molecular weight is 480 g/mol. The first kappa shape index (κ1) is 23.7. The molecule has 0 saturated heterocycles. The van der Waals surface area contributed by atoms with Crippen molar-refractivity contribution >= 4 is 23.9 Å². The summed E-state index contributed by atoms with van der Waals surface area (Å²) in [5, 5.41) is 19.6. The normalized spacial score (nSPS) is 21.1. The first-order chi connectivity index (χ1) is 16.7. The number of benzene rings is 2. The van der Waals surface area contributed by atoms with Crippen LogP contribution in [0.4, 0.5) is 0 Å². The zero-order valence-electron chi connectivity index (χ0n) is 19.3. The molecule has 2 unspecified atom stereocenters. The summed E-state index contributed by atoms with van der Waals surface area (Å²) >= 11 is 0. The highest BCUT2D eigenvalue weighted by molar-refractivity contribution is 5.95. The molecular formula is C26H24O9. The van der Waals surface area contributed by atoms with Gasteiger partial charge >= 0.3 is 5.97 Å². The first-order valence-electron chi connectivity index (χ1n) is 10.7. The summed E-state index contributed by atoms with van der Waals surface area (Å²) in [5.74, 6) is -1.89. The topological polar surface area (TPSA) is 121 Å². The lowest BCUT2D eigenvalue weighted by Crippen LogP contribution is -2.34. The summed E-state index contributed by atoms with van der Waals surface area (Å²) in [7, 11) is 2.86. The van der Waals surface area contributed by atoms with Crippen molar-refractivity contribution in [3.8, 4) is 23.0 Å². The Kier molecular flexibility index (Phi) is 6.42. The van der Waals surface area contributed by atoms with E-state index in [2.05, 4.69) is 0 Å². The number of hydrogen-bond donors (Lipinski definition) is 2. The number of ether oxygens (including phenoxy) is 5. The molecule has 2 atom stereocenters. The second-order valence-corrected chi connectivity index (χ2v) is 7.93. The van der Waals surface area contributed by atoms with Crippen molar-refractivity contribution in [2.24, 2.45) is 0 Å². The maximum absolute atomic E-state index is 12.9. The minimum absolute atomic E-state index is 0.0136. The van der Waals surface area contributed by atoms with Crippen LogP contribution in [0, 0.1) is 0 Å². The van der Waals surface area contributed by atoms with Gasteiger partial charge in [0, 0.05) is 6.08 Å². The van der Waals surface area contributed by atoms with Gasteiger partial charge < -0.3 is 33.9 Å². The Morgan fingerprint density at radius 1 is 1.00 bits per heavy atom. The molecular weight excluding hydrogens is 456 g/mol. The quantitative estimate of drug-likeness (QED) is 0.430. The molecule has 35 heavy (non-hydrogen) atoms. The minimum atomic E-state index is -1.57. The molecule has 2 aromatic carbocycles. The van der Waals surface area contributed by atoms with Crippen molar-refractivity contribution in [3.63, 3.8) is 0 Å². The largest absolute Gasteiger partial charge is 0.504 e. The van der Waals surface area contributed by atoms with Crippen molar-refractivity contribution in [1.82, 2.24) is 0 Å². The summed E-state index contributed by atoms with van der Waals surface area (Å²) in [6.45, 7) is 1.65. The second kappa shape index (κ2) is 9.46. The number of phenolic OH excluding ortho intramolecular Hbond substituents is 2. The molecule has 2 aliphatic heterocycles. The maximum atomic E-state index is 12.9. The Labute approximate surface area is 201 Å². The highest BCUT2D eigenvalue weighted by Gasteiger charge is 2.51. The van der Waals surface area contributed by atoms with Crippen LogP contribution in [0.1, 0.15) is 24.5 Å². The smallest absolute Gasteiger partial charge is 0.378 e. The molecule has 2 N–H and O–H groups in total. The van der Waals surface area contributed by atoms with Crippen molar-refractivity contribution in [2.45, 2.75) is 25.2 Å². The van der Waals surface area contributed by atoms with Gasteiger partial charge in [-0.15, -0.1) is 0 Å². The molecule has 2 aromatic rings. The fraction of sp³-hybridized carbons (Fsp3) is 0.231. The predicted octanol–water partition coefficient (Wildman–Crippen LogP) is 3.70. The van der Waals surface area contributed by atoms with Gasteiger partial charge in [0.05, 0.1) is 20.6 Å². The lowest BCUT2D eigenvalue weighted by molar-refractivity contribution is -0.169. The number of methoxy groups -OCH3 is 2. The van der Waals surface area contributed by atoms with Gasteiger partial charge in [0.25, 0.3) is 11.5 Å². The van der Waals surface area contributed by atoms with Crippen LogP contribution >= 0.6 is 0 Å². The number of aromatic hydroxyl groups is 2. The highest BCUT2D eigenvalue weighted by Crippen LogP contribution is 2.42. The molecule has 2 heterocycles. The number of esters is 1. The van der Waals surface area contributed by atoms with Gasteiger partial charge in [-0.05, 0) is 48.4 Å². The molecule has 182 valence electrons. The third kappa shape index (κ3) is 4.93. The standard InChI is InChI=1S/C26H24O9/c1-15-23-24(25(30)33-15)35-26(34-23,11-10-17-6-9-20(29)22(13-17)32-3)14-18(27)7-4-16-5-8-19(28)21(12-16)31-2/h4-13,15,28-29H,14H2,1-3H3/b7-4+,11-10+. The van der Waals surface area contributed by atoms with Gasteiger partial charge in [-0.25, -0.2) is 4.79 Å². The molecule has 9 heteroatoms. The summed E-state index contributed by atoms with van der Waals surface area (Å²) in [5.41, 5.74) is 1.29. The number of allylic oxidation sites excluding steroid dienone is 1. The van der Waals surface area contributed by atoms with E-state index in [9.17, 15) is 19.8 Å². The monoisotopic (exact) mass is 480 g/mol. The zero-order chi connectivity index (χ0) is 25.2. The molecule has 0 saturated carbocycles. The summed E-state index contributed by atoms with van der Waals surface area (Å²) in [4.78, 5) is 25.0. The van der Waals surface area contributed by atoms with E-state index in [0.717, 1.165) is 0 Å². The van der Waals surface area contributed by atoms with Crippen LogP contribution < -0.4 is 9.47 Å². The van der Waals surface area contributed by atoms with Crippen LogP contribution in [0.3, 0.4) is 0 Å². The Balaban J connectivity index is 1.58. The molecule has 4 rings (SSSR count). The highest BCUT2D eigenvalue weighted by atomic mass is 16.8. The van der Waals surface area contributed by atoms with E-state index in [0.29, 0.717) is 11.1 Å². The van der Waals surface area contributed by atoms with Gasteiger partial charge in [-0.3, -0.25) is 4.79 Å². The molecule has 0 bridgehead atoms. The Hall–Kier alpha value is -4.40. The van der Waals surface area contributed by atoms with E-state index in [1.807, 2.05) is 0 Å². The van der Waals surface area contributed by atoms with Gasteiger partial charge in [0.1, 0.15) is 0 Å². The van der Waals surface area contributed by atoms with Crippen molar-refractivity contribution in [2.75, 3.05) is 14.2 Å². The minimum Gasteiger partial charge on any atom is -0.504 e. The van der Waals surface area contributed by atoms with E-state index in [1.165, 1.54) is 38.5 Å². The lowest BCUT2D eigenvalue weighted by Gasteiger charge is -2.26. The van der Waals surface area contributed by atoms with Crippen LogP contribution in [0.25, 0.3) is 12.2 Å². The van der Waals surface area contributed by atoms with Crippen LogP contribution in [-0.2, 0) is 23.8 Å². The van der Waals surface area contributed by atoms with Crippen LogP contribution in [0.5, 0.6) is 23.0 Å². The van der Waals surface area contributed by atoms with E-state index >= 15 is 0 Å². The molecule has 0 radical (unpaired) electrons. The number of ketones is 1. The SMILES string of the molecule is COc1cc(/C=C/C(=O)CC2(/C=C/c3ccc(O)c(OC)c3)OC3=C(O2)C(C)OC3=O)ccc1O. The van der Waals surface area contributed by atoms with Crippen LogP contribution in [0.15, 0.2) is 60.1 Å². The molecule has 0 aliphatic carbocycles. The van der Waals surface area contributed by atoms with E-state index < -0.39 is 17.9 Å². The van der Waals surface area contributed by atoms with Crippen LogP contribution in [0.2, 0.25) is 0 Å². The van der Waals surface area contributed by atoms with Gasteiger partial charge in [-0.1, -0.05) is 24.3 Å². The van der Waals surface area contributed by atoms with Crippen molar-refractivity contribution in [1.29, 1.82) is 0 Å². The molecule has 2 aliphatic rings. The number of cyclic esters (lactones) is 1. The lowest BCUT2D eigenvalue weighted by atomic mass is 10.1. The summed E-state index contributed by atoms with van der Waals surface area (Å²) < 4.78 is 27.1. The van der Waals surface area contributed by atoms with Crippen LogP contribution in [-0.4, -0.2) is 48.1 Å². The van der Waals surface area contributed by atoms with Gasteiger partial charge in [0.15, 0.2) is 40.6 Å². The van der Waals surface area contributed by atoms with Crippen molar-refractivity contribution < 1.29 is 43.5 Å². The number of carbonyl (C=O) groups is 2. The third-order valence-corrected chi connectivity index (χ3v) is 5.44. The maximum Gasteiger partial charge on any atom is 0.378 e. The molecule has 0 fully saturated rings. The van der Waals surface area contributed by atoms with Crippen molar-refractivity contribution in [3.05, 3.63) is 71.2 Å². The summed E-state index contributed by atoms with van der Waals surface area (Å²) in [6.07, 6.45) is 5.21. The fourth-order valence-corrected chi connectivity index (χ4v) is 3.66. The number of rotatable bonds is 8. The van der Waals surface area contributed by atoms with E-state index in [1.54, 1.807) is 43.3 Å². The predicted molar refractivity (Wildman–Crippen MR) is 124 cm³/mol. The van der Waals surface area contributed by atoms with E-state index in [4.69, 9.17) is 23.7 Å². The summed E-state index contributed by atoms with van der Waals surface area (Å²) in [6, 6.07) is 9.40.